The number of hydrogen-bond acceptors (Lipinski definition) is 7. The second-order valence-electron chi connectivity index (χ2n) is 8.69. The number of carbonyl (C=O) groups excluding carboxylic acids is 1. The largest absolute Gasteiger partial charge is 0.462 e. The van der Waals surface area contributed by atoms with Crippen LogP contribution < -0.4 is 5.32 Å². The molecule has 1 aliphatic rings. The Morgan fingerprint density at radius 1 is 1.12 bits per heavy atom. The predicted octanol–water partition coefficient (Wildman–Crippen LogP) is 4.40. The Bertz CT molecular complexity index is 1060. The zero-order valence-electron chi connectivity index (χ0n) is 19.0. The number of esters is 1. The van der Waals surface area contributed by atoms with E-state index in [9.17, 15) is 4.79 Å². The van der Waals surface area contributed by atoms with E-state index in [-0.39, 0.29) is 5.97 Å². The van der Waals surface area contributed by atoms with Gasteiger partial charge in [0.1, 0.15) is 11.1 Å². The summed E-state index contributed by atoms with van der Waals surface area (Å²) in [4.78, 5) is 28.5. The molecule has 0 bridgehead atoms. The van der Waals surface area contributed by atoms with Crippen LogP contribution in [0.2, 0.25) is 0 Å². The van der Waals surface area contributed by atoms with Gasteiger partial charge in [0.2, 0.25) is 0 Å². The molecule has 0 atom stereocenters. The SMILES string of the molecule is CCOC(=O)c1cnc2ccc(-c3ccncc3)nc2c1NC1CCC(CN(C)C)CC1. The molecule has 3 heterocycles. The molecule has 7 heteroatoms. The van der Waals surface area contributed by atoms with E-state index in [1.165, 1.54) is 12.8 Å². The molecule has 4 rings (SSSR count). The van der Waals surface area contributed by atoms with Gasteiger partial charge in [-0.2, -0.15) is 0 Å². The van der Waals surface area contributed by atoms with Crippen molar-refractivity contribution in [2.75, 3.05) is 32.6 Å². The summed E-state index contributed by atoms with van der Waals surface area (Å²) in [5.74, 6) is 0.347. The Morgan fingerprint density at radius 2 is 1.88 bits per heavy atom. The average molecular weight is 434 g/mol. The standard InChI is InChI=1S/C25H31N5O2/c1-4-32-25(31)20-15-27-22-10-9-21(18-11-13-26-14-12-18)29-24(22)23(20)28-19-7-5-17(6-8-19)16-30(2)3/h9-15,17,19H,4-8,16H2,1-3H3,(H,27,28). The summed E-state index contributed by atoms with van der Waals surface area (Å²) >= 11 is 0. The number of ether oxygens (including phenoxy) is 1. The molecule has 1 N–H and O–H groups in total. The van der Waals surface area contributed by atoms with Crippen LogP contribution in [0.3, 0.4) is 0 Å². The molecule has 0 spiro atoms. The van der Waals surface area contributed by atoms with Crippen LogP contribution >= 0.6 is 0 Å². The van der Waals surface area contributed by atoms with E-state index in [0.29, 0.717) is 23.7 Å². The molecule has 0 aliphatic heterocycles. The van der Waals surface area contributed by atoms with Gasteiger partial charge in [-0.1, -0.05) is 0 Å². The second kappa shape index (κ2) is 10.0. The molecule has 0 radical (unpaired) electrons. The van der Waals surface area contributed by atoms with Gasteiger partial charge in [-0.15, -0.1) is 0 Å². The summed E-state index contributed by atoms with van der Waals surface area (Å²) in [6.45, 7) is 3.25. The lowest BCUT2D eigenvalue weighted by atomic mass is 9.85. The van der Waals surface area contributed by atoms with Gasteiger partial charge in [0.15, 0.2) is 0 Å². The van der Waals surface area contributed by atoms with Crippen molar-refractivity contribution in [3.63, 3.8) is 0 Å². The molecule has 1 aliphatic carbocycles. The number of pyridine rings is 3. The minimum absolute atomic E-state index is 0.290. The second-order valence-corrected chi connectivity index (χ2v) is 8.69. The van der Waals surface area contributed by atoms with Crippen LogP contribution in [0.25, 0.3) is 22.3 Å². The van der Waals surface area contributed by atoms with Crippen molar-refractivity contribution in [2.24, 2.45) is 5.92 Å². The van der Waals surface area contributed by atoms with Crippen LogP contribution in [0.15, 0.2) is 42.9 Å². The van der Waals surface area contributed by atoms with Crippen molar-refractivity contribution >= 4 is 22.7 Å². The molecule has 0 saturated heterocycles. The maximum atomic E-state index is 12.7. The predicted molar refractivity (Wildman–Crippen MR) is 127 cm³/mol. The molecule has 7 nitrogen and oxygen atoms in total. The third-order valence-electron chi connectivity index (χ3n) is 6.00. The molecule has 168 valence electrons. The van der Waals surface area contributed by atoms with Crippen molar-refractivity contribution in [1.82, 2.24) is 19.9 Å². The fourth-order valence-corrected chi connectivity index (χ4v) is 4.47. The molecule has 32 heavy (non-hydrogen) atoms. The molecule has 0 unspecified atom stereocenters. The number of nitrogens with one attached hydrogen (secondary N) is 1. The van der Waals surface area contributed by atoms with E-state index in [4.69, 9.17) is 9.72 Å². The maximum absolute atomic E-state index is 12.7. The smallest absolute Gasteiger partial charge is 0.341 e. The molecule has 1 fully saturated rings. The molecular weight excluding hydrogens is 402 g/mol. The Morgan fingerprint density at radius 3 is 2.56 bits per heavy atom. The van der Waals surface area contributed by atoms with Crippen LogP contribution in [-0.2, 0) is 4.74 Å². The van der Waals surface area contributed by atoms with Gasteiger partial charge in [-0.3, -0.25) is 9.97 Å². The number of hydrogen-bond donors (Lipinski definition) is 1. The molecule has 3 aromatic rings. The lowest BCUT2D eigenvalue weighted by Gasteiger charge is -2.31. The first kappa shape index (κ1) is 22.1. The summed E-state index contributed by atoms with van der Waals surface area (Å²) in [6.07, 6.45) is 9.57. The van der Waals surface area contributed by atoms with Crippen LogP contribution in [0.4, 0.5) is 5.69 Å². The Balaban J connectivity index is 1.68. The van der Waals surface area contributed by atoms with Crippen molar-refractivity contribution < 1.29 is 9.53 Å². The fraction of sp³-hybridized carbons (Fsp3) is 0.440. The van der Waals surface area contributed by atoms with Crippen LogP contribution in [0.1, 0.15) is 43.0 Å². The highest BCUT2D eigenvalue weighted by Crippen LogP contribution is 2.32. The zero-order valence-corrected chi connectivity index (χ0v) is 19.0. The average Bonchev–Trinajstić information content (AvgIpc) is 2.80. The topological polar surface area (TPSA) is 80.2 Å². The summed E-state index contributed by atoms with van der Waals surface area (Å²) in [5.41, 5.74) is 4.40. The van der Waals surface area contributed by atoms with Gasteiger partial charge in [-0.25, -0.2) is 9.78 Å². The van der Waals surface area contributed by atoms with Crippen molar-refractivity contribution in [3.8, 4) is 11.3 Å². The molecular formula is C25H31N5O2. The van der Waals surface area contributed by atoms with Gasteiger partial charge in [-0.05, 0) is 76.9 Å². The van der Waals surface area contributed by atoms with Crippen LogP contribution in [-0.4, -0.2) is 59.1 Å². The Labute approximate surface area is 189 Å². The summed E-state index contributed by atoms with van der Waals surface area (Å²) in [7, 11) is 4.26. The number of rotatable bonds is 7. The van der Waals surface area contributed by atoms with Crippen molar-refractivity contribution in [3.05, 3.63) is 48.4 Å². The maximum Gasteiger partial charge on any atom is 0.341 e. The zero-order chi connectivity index (χ0) is 22.5. The monoisotopic (exact) mass is 433 g/mol. The van der Waals surface area contributed by atoms with Gasteiger partial charge >= 0.3 is 5.97 Å². The highest BCUT2D eigenvalue weighted by atomic mass is 16.5. The lowest BCUT2D eigenvalue weighted by Crippen LogP contribution is -2.31. The minimum atomic E-state index is -0.373. The van der Waals surface area contributed by atoms with Crippen molar-refractivity contribution in [1.29, 1.82) is 0 Å². The molecule has 0 aromatic carbocycles. The number of nitrogens with zero attached hydrogens (tertiary/aromatic N) is 4. The third kappa shape index (κ3) is 5.05. The fourth-order valence-electron chi connectivity index (χ4n) is 4.47. The lowest BCUT2D eigenvalue weighted by molar-refractivity contribution is 0.0527. The van der Waals surface area contributed by atoms with E-state index in [1.807, 2.05) is 31.2 Å². The molecule has 3 aromatic heterocycles. The van der Waals surface area contributed by atoms with Crippen LogP contribution in [0, 0.1) is 5.92 Å². The van der Waals surface area contributed by atoms with Gasteiger partial charge in [0.05, 0.1) is 23.5 Å². The van der Waals surface area contributed by atoms with Crippen molar-refractivity contribution in [2.45, 2.75) is 38.6 Å². The number of fused-ring (bicyclic) bond motifs is 1. The Hall–Kier alpha value is -3.06. The van der Waals surface area contributed by atoms with E-state index in [0.717, 1.165) is 47.8 Å². The summed E-state index contributed by atoms with van der Waals surface area (Å²) in [6, 6.07) is 8.04. The summed E-state index contributed by atoms with van der Waals surface area (Å²) < 4.78 is 5.32. The minimum Gasteiger partial charge on any atom is -0.462 e. The van der Waals surface area contributed by atoms with Crippen LogP contribution in [0.5, 0.6) is 0 Å². The van der Waals surface area contributed by atoms with Gasteiger partial charge in [0, 0.05) is 36.7 Å². The first-order chi connectivity index (χ1) is 15.5. The molecule has 0 amide bonds. The van der Waals surface area contributed by atoms with Gasteiger partial charge < -0.3 is 15.0 Å². The number of carbonyl (C=O) groups is 1. The Kier molecular flexibility index (Phi) is 6.95. The third-order valence-corrected chi connectivity index (χ3v) is 6.00. The normalized spacial score (nSPS) is 18.6. The van der Waals surface area contributed by atoms with E-state index in [2.05, 4.69) is 34.3 Å². The first-order valence-corrected chi connectivity index (χ1v) is 11.3. The highest BCUT2D eigenvalue weighted by Gasteiger charge is 2.25. The van der Waals surface area contributed by atoms with E-state index < -0.39 is 0 Å². The number of anilines is 1. The van der Waals surface area contributed by atoms with Gasteiger partial charge in [0.25, 0.3) is 0 Å². The summed E-state index contributed by atoms with van der Waals surface area (Å²) in [5, 5.41) is 3.66. The van der Waals surface area contributed by atoms with E-state index in [1.54, 1.807) is 18.6 Å². The van der Waals surface area contributed by atoms with E-state index >= 15 is 0 Å². The first-order valence-electron chi connectivity index (χ1n) is 11.3. The highest BCUT2D eigenvalue weighted by molar-refractivity contribution is 6.04. The quantitative estimate of drug-likeness (QED) is 0.553. The molecule has 1 saturated carbocycles. The number of aromatic nitrogens is 3.